The van der Waals surface area contributed by atoms with Gasteiger partial charge in [0.25, 0.3) is 0 Å². The first kappa shape index (κ1) is 8.14. The van der Waals surface area contributed by atoms with Crippen molar-refractivity contribution >= 4 is 0 Å². The molecule has 3 heteroatoms. The summed E-state index contributed by atoms with van der Waals surface area (Å²) < 4.78 is 17.6. The summed E-state index contributed by atoms with van der Waals surface area (Å²) in [5, 5.41) is 0. The van der Waals surface area contributed by atoms with Crippen LogP contribution in [-0.2, 0) is 11.3 Å². The molecule has 2 nitrogen and oxygen atoms in total. The summed E-state index contributed by atoms with van der Waals surface area (Å²) >= 11 is 0. The van der Waals surface area contributed by atoms with Crippen molar-refractivity contribution in [3.8, 4) is 0 Å². The number of nitrogens with zero attached hydrogens (tertiary/aromatic N) is 1. The quantitative estimate of drug-likeness (QED) is 0.648. The molecule has 0 aliphatic heterocycles. The Morgan fingerprint density at radius 1 is 1.64 bits per heavy atom. The van der Waals surface area contributed by atoms with Gasteiger partial charge in [-0.25, -0.2) is 4.39 Å². The Kier molecular flexibility index (Phi) is 2.54. The summed E-state index contributed by atoms with van der Waals surface area (Å²) in [6.45, 7) is 2.12. The minimum Gasteiger partial charge on any atom is -0.380 e. The van der Waals surface area contributed by atoms with Crippen molar-refractivity contribution in [2.45, 2.75) is 13.5 Å². The number of hydrogen-bond acceptors (Lipinski definition) is 2. The van der Waals surface area contributed by atoms with Crippen molar-refractivity contribution in [1.82, 2.24) is 4.98 Å². The maximum atomic E-state index is 12.8. The largest absolute Gasteiger partial charge is 0.380 e. The van der Waals surface area contributed by atoms with E-state index < -0.39 is 0 Å². The Morgan fingerprint density at radius 2 is 2.36 bits per heavy atom. The van der Waals surface area contributed by atoms with Gasteiger partial charge < -0.3 is 4.74 Å². The van der Waals surface area contributed by atoms with Gasteiger partial charge in [-0.05, 0) is 13.0 Å². The molecule has 0 radical (unpaired) electrons. The fourth-order valence-electron chi connectivity index (χ4n) is 0.866. The Hall–Kier alpha value is -0.960. The Balaban J connectivity index is 2.93. The number of methoxy groups -OCH3 is 1. The minimum absolute atomic E-state index is 0.301. The Bertz CT molecular complexity index is 250. The van der Waals surface area contributed by atoms with Gasteiger partial charge in [0, 0.05) is 18.4 Å². The molecule has 11 heavy (non-hydrogen) atoms. The van der Waals surface area contributed by atoms with Crippen molar-refractivity contribution in [2.75, 3.05) is 7.11 Å². The highest BCUT2D eigenvalue weighted by atomic mass is 19.1. The van der Waals surface area contributed by atoms with Gasteiger partial charge in [-0.15, -0.1) is 0 Å². The number of aromatic nitrogens is 1. The first-order chi connectivity index (χ1) is 5.24. The molecule has 0 atom stereocenters. The van der Waals surface area contributed by atoms with Gasteiger partial charge in [-0.2, -0.15) is 0 Å². The third kappa shape index (κ3) is 1.98. The van der Waals surface area contributed by atoms with E-state index >= 15 is 0 Å². The second-order valence-electron chi connectivity index (χ2n) is 2.35. The first-order valence-electron chi connectivity index (χ1n) is 3.34. The van der Waals surface area contributed by atoms with Crippen molar-refractivity contribution < 1.29 is 9.13 Å². The van der Waals surface area contributed by atoms with Crippen LogP contribution in [0.3, 0.4) is 0 Å². The smallest absolute Gasteiger partial charge is 0.147 e. The third-order valence-electron chi connectivity index (χ3n) is 1.37. The molecule has 0 spiro atoms. The molecule has 0 fully saturated rings. The zero-order chi connectivity index (χ0) is 8.27. The molecule has 1 aromatic heterocycles. The molecule has 1 rings (SSSR count). The van der Waals surface area contributed by atoms with E-state index in [0.717, 1.165) is 5.69 Å². The van der Waals surface area contributed by atoms with Crippen LogP contribution in [-0.4, -0.2) is 12.1 Å². The zero-order valence-electron chi connectivity index (χ0n) is 6.60. The first-order valence-corrected chi connectivity index (χ1v) is 3.34. The highest BCUT2D eigenvalue weighted by molar-refractivity contribution is 5.16. The van der Waals surface area contributed by atoms with Gasteiger partial charge in [0.2, 0.25) is 0 Å². The number of ether oxygens (including phenoxy) is 1. The molecule has 0 aliphatic carbocycles. The van der Waals surface area contributed by atoms with Crippen molar-refractivity contribution in [3.63, 3.8) is 0 Å². The number of hydrogen-bond donors (Lipinski definition) is 0. The summed E-state index contributed by atoms with van der Waals surface area (Å²) in [4.78, 5) is 3.79. The van der Waals surface area contributed by atoms with Gasteiger partial charge in [-0.3, -0.25) is 4.98 Å². The van der Waals surface area contributed by atoms with Gasteiger partial charge >= 0.3 is 0 Å². The van der Waals surface area contributed by atoms with Crippen molar-refractivity contribution in [1.29, 1.82) is 0 Å². The summed E-state index contributed by atoms with van der Waals surface area (Å²) in [6, 6.07) is 1.68. The molecule has 0 amide bonds. The van der Waals surface area contributed by atoms with Gasteiger partial charge in [0.15, 0.2) is 0 Å². The lowest BCUT2D eigenvalue weighted by molar-refractivity contribution is 0.181. The van der Waals surface area contributed by atoms with E-state index in [4.69, 9.17) is 4.74 Å². The summed E-state index contributed by atoms with van der Waals surface area (Å²) in [5.41, 5.74) is 1.36. The Labute approximate surface area is 65.0 Å². The number of pyridine rings is 1. The third-order valence-corrected chi connectivity index (χ3v) is 1.37. The highest BCUT2D eigenvalue weighted by Crippen LogP contribution is 2.07. The summed E-state index contributed by atoms with van der Waals surface area (Å²) in [5.74, 6) is -0.308. The van der Waals surface area contributed by atoms with Crippen LogP contribution in [0.25, 0.3) is 0 Å². The minimum atomic E-state index is -0.308. The van der Waals surface area contributed by atoms with Crippen LogP contribution >= 0.6 is 0 Å². The predicted octanol–water partition coefficient (Wildman–Crippen LogP) is 1.68. The van der Waals surface area contributed by atoms with Gasteiger partial charge in [0.05, 0.1) is 12.8 Å². The summed E-state index contributed by atoms with van der Waals surface area (Å²) in [6.07, 6.45) is 1.21. The van der Waals surface area contributed by atoms with E-state index in [1.54, 1.807) is 6.07 Å². The van der Waals surface area contributed by atoms with Crippen LogP contribution in [0.5, 0.6) is 0 Å². The normalized spacial score (nSPS) is 10.1. The van der Waals surface area contributed by atoms with E-state index in [1.165, 1.54) is 13.3 Å². The SMILES string of the molecule is COCc1cc(C)ncc1F. The van der Waals surface area contributed by atoms with Crippen molar-refractivity contribution in [3.05, 3.63) is 29.3 Å². The maximum Gasteiger partial charge on any atom is 0.147 e. The van der Waals surface area contributed by atoms with Crippen LogP contribution < -0.4 is 0 Å². The predicted molar refractivity (Wildman–Crippen MR) is 39.6 cm³/mol. The zero-order valence-corrected chi connectivity index (χ0v) is 6.60. The Morgan fingerprint density at radius 3 is 3.00 bits per heavy atom. The molecule has 0 unspecified atom stereocenters. The molecule has 0 bridgehead atoms. The standard InChI is InChI=1S/C8H10FNO/c1-6-3-7(5-11-2)8(9)4-10-6/h3-4H,5H2,1-2H3. The lowest BCUT2D eigenvalue weighted by Crippen LogP contribution is -1.95. The van der Waals surface area contributed by atoms with Crippen LogP contribution in [0.15, 0.2) is 12.3 Å². The van der Waals surface area contributed by atoms with Crippen LogP contribution in [0.2, 0.25) is 0 Å². The fraction of sp³-hybridized carbons (Fsp3) is 0.375. The van der Waals surface area contributed by atoms with Crippen LogP contribution in [0.4, 0.5) is 4.39 Å². The number of rotatable bonds is 2. The van der Waals surface area contributed by atoms with Gasteiger partial charge in [0.1, 0.15) is 5.82 Å². The number of halogens is 1. The molecular formula is C8H10FNO. The molecule has 1 heterocycles. The second-order valence-corrected chi connectivity index (χ2v) is 2.35. The van der Waals surface area contributed by atoms with Crippen LogP contribution in [0.1, 0.15) is 11.3 Å². The average molecular weight is 155 g/mol. The fourth-order valence-corrected chi connectivity index (χ4v) is 0.866. The second kappa shape index (κ2) is 3.44. The molecule has 1 aromatic rings. The van der Waals surface area contributed by atoms with E-state index in [9.17, 15) is 4.39 Å². The monoisotopic (exact) mass is 155 g/mol. The molecule has 0 saturated heterocycles. The topological polar surface area (TPSA) is 22.1 Å². The molecule has 0 aliphatic rings. The van der Waals surface area contributed by atoms with Crippen LogP contribution in [0, 0.1) is 12.7 Å². The molecule has 60 valence electrons. The summed E-state index contributed by atoms with van der Waals surface area (Å²) in [7, 11) is 1.54. The van der Waals surface area contributed by atoms with E-state index in [1.807, 2.05) is 6.92 Å². The molecule has 0 saturated carbocycles. The molecule has 0 N–H and O–H groups in total. The van der Waals surface area contributed by atoms with E-state index in [2.05, 4.69) is 4.98 Å². The lowest BCUT2D eigenvalue weighted by Gasteiger charge is -2.01. The lowest BCUT2D eigenvalue weighted by atomic mass is 10.2. The molecular weight excluding hydrogens is 145 g/mol. The van der Waals surface area contributed by atoms with E-state index in [0.29, 0.717) is 12.2 Å². The average Bonchev–Trinajstić information content (AvgIpc) is 1.98. The highest BCUT2D eigenvalue weighted by Gasteiger charge is 2.01. The maximum absolute atomic E-state index is 12.8. The number of aryl methyl sites for hydroxylation is 1. The van der Waals surface area contributed by atoms with E-state index in [-0.39, 0.29) is 5.82 Å². The van der Waals surface area contributed by atoms with Crippen molar-refractivity contribution in [2.24, 2.45) is 0 Å². The van der Waals surface area contributed by atoms with Gasteiger partial charge in [-0.1, -0.05) is 0 Å². The molecule has 0 aromatic carbocycles.